The van der Waals surface area contributed by atoms with Gasteiger partial charge >= 0.3 is 0 Å². The van der Waals surface area contributed by atoms with Crippen LogP contribution >= 0.6 is 0 Å². The van der Waals surface area contributed by atoms with Gasteiger partial charge in [-0.15, -0.1) is 0 Å². The second kappa shape index (κ2) is 5.17. The zero-order chi connectivity index (χ0) is 14.0. The molecule has 104 valence electrons. The van der Waals surface area contributed by atoms with Crippen LogP contribution in [-0.4, -0.2) is 14.9 Å². The lowest BCUT2D eigenvalue weighted by molar-refractivity contribution is 0.388. The molecule has 0 aliphatic heterocycles. The van der Waals surface area contributed by atoms with Crippen molar-refractivity contribution in [3.63, 3.8) is 0 Å². The van der Waals surface area contributed by atoms with Crippen LogP contribution in [0, 0.1) is 6.92 Å². The largest absolute Gasteiger partial charge is 0.361 e. The van der Waals surface area contributed by atoms with Crippen LogP contribution in [0.1, 0.15) is 43.5 Å². The van der Waals surface area contributed by atoms with E-state index in [-0.39, 0.29) is 5.41 Å². The van der Waals surface area contributed by atoms with Gasteiger partial charge in [0, 0.05) is 43.4 Å². The average molecular weight is 262 g/mol. The first-order valence-electron chi connectivity index (χ1n) is 6.52. The van der Waals surface area contributed by atoms with Gasteiger partial charge in [-0.05, 0) is 6.92 Å². The Balaban J connectivity index is 2.00. The highest BCUT2D eigenvalue weighted by Gasteiger charge is 2.21. The molecule has 1 N–H and O–H groups in total. The summed E-state index contributed by atoms with van der Waals surface area (Å²) in [7, 11) is 1.96. The van der Waals surface area contributed by atoms with Crippen molar-refractivity contribution < 1.29 is 4.52 Å². The van der Waals surface area contributed by atoms with Crippen LogP contribution in [-0.2, 0) is 25.6 Å². The molecule has 0 atom stereocenters. The summed E-state index contributed by atoms with van der Waals surface area (Å²) in [5.41, 5.74) is 3.36. The van der Waals surface area contributed by atoms with Gasteiger partial charge in [0.1, 0.15) is 5.76 Å². The third kappa shape index (κ3) is 3.44. The maximum atomic E-state index is 5.04. The number of rotatable bonds is 4. The Hall–Kier alpha value is -1.62. The van der Waals surface area contributed by atoms with Crippen LogP contribution in [0.4, 0.5) is 0 Å². The van der Waals surface area contributed by atoms with Crippen molar-refractivity contribution in [2.24, 2.45) is 7.05 Å². The maximum Gasteiger partial charge on any atom is 0.133 e. The Morgan fingerprint density at radius 1 is 1.32 bits per heavy atom. The van der Waals surface area contributed by atoms with E-state index in [4.69, 9.17) is 4.52 Å². The number of aryl methyl sites for hydroxylation is 2. The summed E-state index contributed by atoms with van der Waals surface area (Å²) in [5, 5.41) is 11.9. The molecule has 2 rings (SSSR count). The minimum absolute atomic E-state index is 0.0583. The molecule has 0 aromatic carbocycles. The lowest BCUT2D eigenvalue weighted by Crippen LogP contribution is -2.19. The van der Waals surface area contributed by atoms with Crippen LogP contribution in [0.2, 0.25) is 0 Å². The first-order chi connectivity index (χ1) is 8.86. The van der Waals surface area contributed by atoms with Gasteiger partial charge in [0.15, 0.2) is 0 Å². The van der Waals surface area contributed by atoms with E-state index in [2.05, 4.69) is 42.5 Å². The van der Waals surface area contributed by atoms with Crippen molar-refractivity contribution in [3.05, 3.63) is 35.0 Å². The molecular weight excluding hydrogens is 240 g/mol. The number of aromatic nitrogens is 3. The van der Waals surface area contributed by atoms with Crippen molar-refractivity contribution in [1.82, 2.24) is 20.3 Å². The summed E-state index contributed by atoms with van der Waals surface area (Å²) < 4.78 is 6.92. The first-order valence-corrected chi connectivity index (χ1v) is 6.52. The maximum absolute atomic E-state index is 5.04. The molecule has 0 unspecified atom stereocenters. The van der Waals surface area contributed by atoms with Crippen molar-refractivity contribution >= 4 is 0 Å². The van der Waals surface area contributed by atoms with Gasteiger partial charge in [0.25, 0.3) is 0 Å². The highest BCUT2D eigenvalue weighted by atomic mass is 16.5. The van der Waals surface area contributed by atoms with Gasteiger partial charge in [0.2, 0.25) is 0 Å². The van der Waals surface area contributed by atoms with E-state index in [1.54, 1.807) is 0 Å². The number of nitrogens with one attached hydrogen (secondary N) is 1. The molecule has 5 nitrogen and oxygen atoms in total. The molecule has 0 saturated carbocycles. The summed E-state index contributed by atoms with van der Waals surface area (Å²) in [6.45, 7) is 9.93. The van der Waals surface area contributed by atoms with Crippen LogP contribution < -0.4 is 5.32 Å². The molecule has 2 aromatic rings. The number of hydrogen-bond donors (Lipinski definition) is 1. The van der Waals surface area contributed by atoms with Crippen LogP contribution in [0.15, 0.2) is 16.8 Å². The predicted octanol–water partition coefficient (Wildman–Crippen LogP) is 2.30. The predicted molar refractivity (Wildman–Crippen MR) is 73.7 cm³/mol. The zero-order valence-corrected chi connectivity index (χ0v) is 12.3. The van der Waals surface area contributed by atoms with E-state index in [0.29, 0.717) is 6.54 Å². The van der Waals surface area contributed by atoms with Gasteiger partial charge in [0.05, 0.1) is 11.4 Å². The zero-order valence-electron chi connectivity index (χ0n) is 12.3. The van der Waals surface area contributed by atoms with Crippen molar-refractivity contribution in [2.75, 3.05) is 0 Å². The quantitative estimate of drug-likeness (QED) is 0.918. The summed E-state index contributed by atoms with van der Waals surface area (Å²) in [5.74, 6) is 0.841. The standard InChI is InChI=1S/C14H22N4O/c1-10-6-12(17-19-10)8-15-7-11-9-18(5)16-13(11)14(2,3)4/h6,9,15H,7-8H2,1-5H3. The van der Waals surface area contributed by atoms with Gasteiger partial charge < -0.3 is 9.84 Å². The molecule has 0 aliphatic carbocycles. The SMILES string of the molecule is Cc1cc(CNCc2cn(C)nc2C(C)(C)C)no1. The summed E-state index contributed by atoms with van der Waals surface area (Å²) >= 11 is 0. The van der Waals surface area contributed by atoms with Crippen molar-refractivity contribution in [1.29, 1.82) is 0 Å². The molecule has 0 aliphatic rings. The molecule has 0 fully saturated rings. The van der Waals surface area contributed by atoms with Crippen LogP contribution in [0.5, 0.6) is 0 Å². The lowest BCUT2D eigenvalue weighted by atomic mass is 9.89. The van der Waals surface area contributed by atoms with Gasteiger partial charge in [-0.25, -0.2) is 0 Å². The Morgan fingerprint density at radius 3 is 2.63 bits per heavy atom. The molecular formula is C14H22N4O. The van der Waals surface area contributed by atoms with Gasteiger partial charge in [-0.1, -0.05) is 25.9 Å². The molecule has 19 heavy (non-hydrogen) atoms. The number of nitrogens with zero attached hydrogens (tertiary/aromatic N) is 3. The fraction of sp³-hybridized carbons (Fsp3) is 0.571. The minimum atomic E-state index is 0.0583. The van der Waals surface area contributed by atoms with E-state index >= 15 is 0 Å². The van der Waals surface area contributed by atoms with E-state index in [0.717, 1.165) is 23.7 Å². The Kier molecular flexibility index (Phi) is 3.75. The molecule has 5 heteroatoms. The monoisotopic (exact) mass is 262 g/mol. The molecule has 0 spiro atoms. The van der Waals surface area contributed by atoms with E-state index in [9.17, 15) is 0 Å². The average Bonchev–Trinajstić information content (AvgIpc) is 2.85. The highest BCUT2D eigenvalue weighted by molar-refractivity contribution is 5.24. The lowest BCUT2D eigenvalue weighted by Gasteiger charge is -2.17. The van der Waals surface area contributed by atoms with Gasteiger partial charge in [-0.2, -0.15) is 5.10 Å². The topological polar surface area (TPSA) is 55.9 Å². The summed E-state index contributed by atoms with van der Waals surface area (Å²) in [6.07, 6.45) is 2.07. The molecule has 0 bridgehead atoms. The Labute approximate surface area is 114 Å². The summed E-state index contributed by atoms with van der Waals surface area (Å²) in [4.78, 5) is 0. The van der Waals surface area contributed by atoms with E-state index in [1.165, 1.54) is 5.56 Å². The molecule has 0 saturated heterocycles. The van der Waals surface area contributed by atoms with E-state index < -0.39 is 0 Å². The highest BCUT2D eigenvalue weighted by Crippen LogP contribution is 2.23. The third-order valence-corrected chi connectivity index (χ3v) is 2.91. The molecule has 2 aromatic heterocycles. The smallest absolute Gasteiger partial charge is 0.133 e. The van der Waals surface area contributed by atoms with Crippen LogP contribution in [0.3, 0.4) is 0 Å². The second-order valence-corrected chi connectivity index (χ2v) is 5.96. The van der Waals surface area contributed by atoms with E-state index in [1.807, 2.05) is 24.7 Å². The fourth-order valence-electron chi connectivity index (χ4n) is 2.13. The normalized spacial score (nSPS) is 12.1. The van der Waals surface area contributed by atoms with Crippen LogP contribution in [0.25, 0.3) is 0 Å². The minimum Gasteiger partial charge on any atom is -0.361 e. The Morgan fingerprint density at radius 2 is 2.05 bits per heavy atom. The van der Waals surface area contributed by atoms with Gasteiger partial charge in [-0.3, -0.25) is 4.68 Å². The molecule has 0 radical (unpaired) electrons. The third-order valence-electron chi connectivity index (χ3n) is 2.91. The summed E-state index contributed by atoms with van der Waals surface area (Å²) in [6, 6.07) is 1.95. The van der Waals surface area contributed by atoms with Crippen molar-refractivity contribution in [3.8, 4) is 0 Å². The van der Waals surface area contributed by atoms with Crippen molar-refractivity contribution in [2.45, 2.75) is 46.2 Å². The molecule has 2 heterocycles. The fourth-order valence-corrected chi connectivity index (χ4v) is 2.13. The second-order valence-electron chi connectivity index (χ2n) is 5.96. The molecule has 0 amide bonds. The number of hydrogen-bond acceptors (Lipinski definition) is 4. The first kappa shape index (κ1) is 13.8. The Bertz CT molecular complexity index is 548.